The van der Waals surface area contributed by atoms with Crippen LogP contribution in [0.5, 0.6) is 11.5 Å². The second-order valence-electron chi connectivity index (χ2n) is 5.32. The fraction of sp³-hybridized carbons (Fsp3) is 0.263. The number of hydrogen-bond acceptors (Lipinski definition) is 4. The van der Waals surface area contributed by atoms with Crippen molar-refractivity contribution >= 4 is 17.5 Å². The van der Waals surface area contributed by atoms with Gasteiger partial charge in [0.25, 0.3) is 5.91 Å². The summed E-state index contributed by atoms with van der Waals surface area (Å²) in [7, 11) is 1.59. The van der Waals surface area contributed by atoms with E-state index < -0.39 is 0 Å². The predicted octanol–water partition coefficient (Wildman–Crippen LogP) is 2.24. The molecule has 0 unspecified atom stereocenters. The van der Waals surface area contributed by atoms with Gasteiger partial charge < -0.3 is 19.7 Å². The van der Waals surface area contributed by atoms with E-state index in [9.17, 15) is 9.59 Å². The van der Waals surface area contributed by atoms with Gasteiger partial charge in [0.05, 0.1) is 7.11 Å². The summed E-state index contributed by atoms with van der Waals surface area (Å²) in [6.07, 6.45) is 0. The molecule has 25 heavy (non-hydrogen) atoms. The first-order valence-electron chi connectivity index (χ1n) is 7.97. The zero-order valence-electron chi connectivity index (χ0n) is 14.4. The molecule has 0 aliphatic carbocycles. The second-order valence-corrected chi connectivity index (χ2v) is 5.32. The van der Waals surface area contributed by atoms with Crippen molar-refractivity contribution in [1.82, 2.24) is 5.32 Å². The van der Waals surface area contributed by atoms with E-state index in [2.05, 4.69) is 5.32 Å². The maximum Gasteiger partial charge on any atom is 0.258 e. The molecule has 0 saturated carbocycles. The van der Waals surface area contributed by atoms with Crippen LogP contribution in [0, 0.1) is 0 Å². The Morgan fingerprint density at radius 1 is 1.00 bits per heavy atom. The molecule has 0 aliphatic rings. The van der Waals surface area contributed by atoms with Gasteiger partial charge in [-0.1, -0.05) is 18.2 Å². The summed E-state index contributed by atoms with van der Waals surface area (Å²) in [5.41, 5.74) is 0.753. The van der Waals surface area contributed by atoms with E-state index in [1.165, 1.54) is 6.92 Å². The molecule has 132 valence electrons. The smallest absolute Gasteiger partial charge is 0.258 e. The normalized spacial score (nSPS) is 10.0. The monoisotopic (exact) mass is 342 g/mol. The fourth-order valence-electron chi connectivity index (χ4n) is 2.25. The summed E-state index contributed by atoms with van der Waals surface area (Å²) in [5, 5.41) is 2.75. The molecule has 0 saturated heterocycles. The van der Waals surface area contributed by atoms with Gasteiger partial charge in [-0.15, -0.1) is 0 Å². The van der Waals surface area contributed by atoms with Crippen LogP contribution in [0.25, 0.3) is 0 Å². The number of carbonyl (C=O) groups is 2. The zero-order valence-corrected chi connectivity index (χ0v) is 14.4. The highest BCUT2D eigenvalue weighted by Crippen LogP contribution is 2.19. The molecule has 0 atom stereocenters. The molecule has 0 fully saturated rings. The van der Waals surface area contributed by atoms with Crippen molar-refractivity contribution < 1.29 is 19.1 Å². The lowest BCUT2D eigenvalue weighted by molar-refractivity contribution is -0.123. The Kier molecular flexibility index (Phi) is 6.83. The number of hydrogen-bond donors (Lipinski definition) is 1. The zero-order chi connectivity index (χ0) is 18.1. The molecule has 1 N–H and O–H groups in total. The van der Waals surface area contributed by atoms with E-state index in [0.717, 1.165) is 11.4 Å². The molecule has 0 bridgehead atoms. The summed E-state index contributed by atoms with van der Waals surface area (Å²) < 4.78 is 10.5. The Bertz CT molecular complexity index is 686. The molecule has 6 nitrogen and oxygen atoms in total. The first kappa shape index (κ1) is 18.3. The molecule has 2 aromatic carbocycles. The van der Waals surface area contributed by atoms with Crippen LogP contribution in [0.1, 0.15) is 6.92 Å². The largest absolute Gasteiger partial charge is 0.497 e. The number of anilines is 1. The van der Waals surface area contributed by atoms with Gasteiger partial charge in [0.1, 0.15) is 11.5 Å². The second kappa shape index (κ2) is 9.32. The highest BCUT2D eigenvalue weighted by atomic mass is 16.5. The number of carbonyl (C=O) groups excluding carboxylic acids is 2. The number of ether oxygens (including phenoxy) is 2. The molecule has 2 amide bonds. The fourth-order valence-corrected chi connectivity index (χ4v) is 2.25. The van der Waals surface area contributed by atoms with E-state index in [1.54, 1.807) is 48.4 Å². The molecule has 0 aromatic heterocycles. The van der Waals surface area contributed by atoms with Gasteiger partial charge in [-0.3, -0.25) is 9.59 Å². The summed E-state index contributed by atoms with van der Waals surface area (Å²) >= 11 is 0. The van der Waals surface area contributed by atoms with E-state index in [0.29, 0.717) is 18.8 Å². The Labute approximate surface area is 147 Å². The Morgan fingerprint density at radius 2 is 1.68 bits per heavy atom. The van der Waals surface area contributed by atoms with E-state index in [4.69, 9.17) is 9.47 Å². The van der Waals surface area contributed by atoms with Crippen molar-refractivity contribution in [2.45, 2.75) is 6.92 Å². The minimum atomic E-state index is -0.234. The van der Waals surface area contributed by atoms with Crippen LogP contribution in [-0.2, 0) is 9.59 Å². The van der Waals surface area contributed by atoms with Gasteiger partial charge in [-0.05, 0) is 36.4 Å². The number of benzene rings is 2. The third-order valence-corrected chi connectivity index (χ3v) is 3.53. The van der Waals surface area contributed by atoms with E-state index in [-0.39, 0.29) is 18.4 Å². The first-order valence-corrected chi connectivity index (χ1v) is 7.97. The molecule has 2 rings (SSSR count). The average Bonchev–Trinajstić information content (AvgIpc) is 2.64. The lowest BCUT2D eigenvalue weighted by Gasteiger charge is -2.21. The third kappa shape index (κ3) is 5.84. The molecule has 0 radical (unpaired) electrons. The van der Waals surface area contributed by atoms with Gasteiger partial charge in [0.2, 0.25) is 5.91 Å². The Hall–Kier alpha value is -3.02. The number of para-hydroxylation sites is 1. The molecule has 6 heteroatoms. The molecule has 0 aliphatic heterocycles. The van der Waals surface area contributed by atoms with Crippen molar-refractivity contribution in [2.75, 3.05) is 31.7 Å². The minimum Gasteiger partial charge on any atom is -0.497 e. The van der Waals surface area contributed by atoms with Gasteiger partial charge in [-0.25, -0.2) is 0 Å². The number of amides is 2. The summed E-state index contributed by atoms with van der Waals surface area (Å²) in [4.78, 5) is 25.3. The van der Waals surface area contributed by atoms with Crippen LogP contribution in [0.2, 0.25) is 0 Å². The van der Waals surface area contributed by atoms with Gasteiger partial charge in [0, 0.05) is 25.7 Å². The van der Waals surface area contributed by atoms with Crippen LogP contribution in [0.3, 0.4) is 0 Å². The summed E-state index contributed by atoms with van der Waals surface area (Å²) in [6.45, 7) is 2.14. The van der Waals surface area contributed by atoms with E-state index in [1.807, 2.05) is 18.2 Å². The summed E-state index contributed by atoms with van der Waals surface area (Å²) in [5.74, 6) is 1.03. The molecular formula is C19H22N2O4. The lowest BCUT2D eigenvalue weighted by Crippen LogP contribution is -2.39. The molecular weight excluding hydrogens is 320 g/mol. The van der Waals surface area contributed by atoms with Crippen molar-refractivity contribution in [2.24, 2.45) is 0 Å². The third-order valence-electron chi connectivity index (χ3n) is 3.53. The molecule has 0 heterocycles. The quantitative estimate of drug-likeness (QED) is 0.799. The van der Waals surface area contributed by atoms with Gasteiger partial charge >= 0.3 is 0 Å². The minimum absolute atomic E-state index is 0.0629. The van der Waals surface area contributed by atoms with Crippen molar-refractivity contribution in [3.8, 4) is 11.5 Å². The number of nitrogens with one attached hydrogen (secondary N) is 1. The predicted molar refractivity (Wildman–Crippen MR) is 96.0 cm³/mol. The topological polar surface area (TPSA) is 67.9 Å². The molecule has 0 spiro atoms. The van der Waals surface area contributed by atoms with Crippen molar-refractivity contribution in [3.05, 3.63) is 54.6 Å². The molecule has 2 aromatic rings. The standard InChI is InChI=1S/C19H22N2O4/c1-15(22)21(16-8-10-17(24-2)11-9-16)13-12-20-19(23)14-25-18-6-4-3-5-7-18/h3-11H,12-14H2,1-2H3,(H,20,23). The number of nitrogens with zero attached hydrogens (tertiary/aromatic N) is 1. The van der Waals surface area contributed by atoms with Gasteiger partial charge in [0.15, 0.2) is 6.61 Å². The first-order chi connectivity index (χ1) is 12.1. The van der Waals surface area contributed by atoms with Crippen molar-refractivity contribution in [3.63, 3.8) is 0 Å². The van der Waals surface area contributed by atoms with Crippen molar-refractivity contribution in [1.29, 1.82) is 0 Å². The number of rotatable bonds is 8. The maximum absolute atomic E-state index is 11.8. The average molecular weight is 342 g/mol. The van der Waals surface area contributed by atoms with Crippen LogP contribution < -0.4 is 19.7 Å². The Morgan fingerprint density at radius 3 is 2.28 bits per heavy atom. The Balaban J connectivity index is 1.80. The van der Waals surface area contributed by atoms with Crippen LogP contribution >= 0.6 is 0 Å². The van der Waals surface area contributed by atoms with Gasteiger partial charge in [-0.2, -0.15) is 0 Å². The van der Waals surface area contributed by atoms with Crippen LogP contribution in [-0.4, -0.2) is 38.6 Å². The van der Waals surface area contributed by atoms with Crippen LogP contribution in [0.4, 0.5) is 5.69 Å². The highest BCUT2D eigenvalue weighted by molar-refractivity contribution is 5.91. The lowest BCUT2D eigenvalue weighted by atomic mass is 10.2. The maximum atomic E-state index is 11.8. The van der Waals surface area contributed by atoms with Crippen LogP contribution in [0.15, 0.2) is 54.6 Å². The summed E-state index contributed by atoms with van der Waals surface area (Å²) in [6, 6.07) is 16.3. The van der Waals surface area contributed by atoms with E-state index >= 15 is 0 Å². The SMILES string of the molecule is COc1ccc(N(CCNC(=O)COc2ccccc2)C(C)=O)cc1. The number of methoxy groups -OCH3 is 1. The highest BCUT2D eigenvalue weighted by Gasteiger charge is 2.12.